The van der Waals surface area contributed by atoms with Crippen molar-refractivity contribution in [3.8, 4) is 11.5 Å². The zero-order chi connectivity index (χ0) is 14.4. The lowest BCUT2D eigenvalue weighted by Crippen LogP contribution is -2.25. The Hall–Kier alpha value is -2.01. The Morgan fingerprint density at radius 1 is 1.38 bits per heavy atom. The van der Waals surface area contributed by atoms with Crippen LogP contribution in [0.2, 0.25) is 0 Å². The number of ether oxygens (including phenoxy) is 2. The summed E-state index contributed by atoms with van der Waals surface area (Å²) in [5.41, 5.74) is 8.50. The van der Waals surface area contributed by atoms with Crippen LogP contribution in [0.15, 0.2) is 30.7 Å². The number of nitrogens with zero attached hydrogens (tertiary/aromatic N) is 2. The Balaban J connectivity index is 1.68. The fourth-order valence-corrected chi connectivity index (χ4v) is 3.01. The highest BCUT2D eigenvalue weighted by molar-refractivity contribution is 5.44. The van der Waals surface area contributed by atoms with Gasteiger partial charge in [0, 0.05) is 30.1 Å². The zero-order valence-electron chi connectivity index (χ0n) is 12.0. The van der Waals surface area contributed by atoms with Gasteiger partial charge in [-0.2, -0.15) is 0 Å². The Bertz CT molecular complexity index is 663. The molecule has 1 aliphatic carbocycles. The summed E-state index contributed by atoms with van der Waals surface area (Å²) in [6.45, 7) is 0. The van der Waals surface area contributed by atoms with Crippen molar-refractivity contribution in [2.45, 2.75) is 37.5 Å². The molecule has 2 N–H and O–H groups in total. The number of fused-ring (bicyclic) bond motifs is 1. The van der Waals surface area contributed by atoms with E-state index in [0.29, 0.717) is 6.04 Å². The fraction of sp³-hybridized carbons (Fsp3) is 0.438. The SMILES string of the molecule is COc1ccc2c(c1)OC(c1cncn1C1CC1)CC2N. The number of benzene rings is 1. The van der Waals surface area contributed by atoms with E-state index in [2.05, 4.69) is 9.55 Å². The molecule has 5 nitrogen and oxygen atoms in total. The molecule has 0 bridgehead atoms. The van der Waals surface area contributed by atoms with Crippen molar-refractivity contribution in [1.82, 2.24) is 9.55 Å². The van der Waals surface area contributed by atoms with Gasteiger partial charge in [0.05, 0.1) is 25.3 Å². The number of methoxy groups -OCH3 is 1. The van der Waals surface area contributed by atoms with Crippen molar-refractivity contribution in [3.63, 3.8) is 0 Å². The third-order valence-electron chi connectivity index (χ3n) is 4.32. The van der Waals surface area contributed by atoms with E-state index in [1.54, 1.807) is 7.11 Å². The molecular weight excluding hydrogens is 266 g/mol. The largest absolute Gasteiger partial charge is 0.497 e. The van der Waals surface area contributed by atoms with Crippen molar-refractivity contribution < 1.29 is 9.47 Å². The van der Waals surface area contributed by atoms with Crippen LogP contribution >= 0.6 is 0 Å². The zero-order valence-corrected chi connectivity index (χ0v) is 12.0. The molecule has 110 valence electrons. The summed E-state index contributed by atoms with van der Waals surface area (Å²) >= 11 is 0. The van der Waals surface area contributed by atoms with Crippen LogP contribution in [0.5, 0.6) is 11.5 Å². The summed E-state index contributed by atoms with van der Waals surface area (Å²) < 4.78 is 13.7. The average molecular weight is 285 g/mol. The number of aromatic nitrogens is 2. The van der Waals surface area contributed by atoms with Crippen LogP contribution in [-0.2, 0) is 0 Å². The highest BCUT2D eigenvalue weighted by atomic mass is 16.5. The van der Waals surface area contributed by atoms with E-state index in [1.165, 1.54) is 12.8 Å². The molecule has 21 heavy (non-hydrogen) atoms. The Morgan fingerprint density at radius 3 is 3.00 bits per heavy atom. The maximum atomic E-state index is 6.33. The fourth-order valence-electron chi connectivity index (χ4n) is 3.01. The number of hydrogen-bond acceptors (Lipinski definition) is 4. The Morgan fingerprint density at radius 2 is 2.24 bits per heavy atom. The minimum absolute atomic E-state index is 0.0211. The average Bonchev–Trinajstić information content (AvgIpc) is 3.23. The van der Waals surface area contributed by atoms with Gasteiger partial charge in [-0.1, -0.05) is 6.07 Å². The molecule has 1 aromatic carbocycles. The second-order valence-electron chi connectivity index (χ2n) is 5.81. The summed E-state index contributed by atoms with van der Waals surface area (Å²) in [6.07, 6.45) is 7.00. The number of hydrogen-bond donors (Lipinski definition) is 1. The monoisotopic (exact) mass is 285 g/mol. The van der Waals surface area contributed by atoms with Gasteiger partial charge in [0.25, 0.3) is 0 Å². The van der Waals surface area contributed by atoms with Crippen molar-refractivity contribution in [3.05, 3.63) is 42.0 Å². The third-order valence-corrected chi connectivity index (χ3v) is 4.32. The van der Waals surface area contributed by atoms with Gasteiger partial charge in [0.2, 0.25) is 0 Å². The van der Waals surface area contributed by atoms with E-state index in [-0.39, 0.29) is 12.1 Å². The van der Waals surface area contributed by atoms with E-state index in [4.69, 9.17) is 15.2 Å². The van der Waals surface area contributed by atoms with Gasteiger partial charge in [-0.15, -0.1) is 0 Å². The predicted octanol–water partition coefficient (Wildman–Crippen LogP) is 2.75. The molecule has 1 aromatic heterocycles. The molecule has 0 radical (unpaired) electrons. The van der Waals surface area contributed by atoms with Crippen LogP contribution < -0.4 is 15.2 Å². The lowest BCUT2D eigenvalue weighted by molar-refractivity contribution is 0.152. The predicted molar refractivity (Wildman–Crippen MR) is 78.4 cm³/mol. The van der Waals surface area contributed by atoms with Gasteiger partial charge < -0.3 is 19.8 Å². The third kappa shape index (κ3) is 2.17. The van der Waals surface area contributed by atoms with Gasteiger partial charge in [-0.25, -0.2) is 4.98 Å². The maximum Gasteiger partial charge on any atom is 0.142 e. The van der Waals surface area contributed by atoms with E-state index in [9.17, 15) is 0 Å². The molecule has 5 heteroatoms. The molecule has 1 aliphatic heterocycles. The van der Waals surface area contributed by atoms with Gasteiger partial charge in [0.15, 0.2) is 0 Å². The van der Waals surface area contributed by atoms with Crippen LogP contribution in [0, 0.1) is 0 Å². The highest BCUT2D eigenvalue weighted by Gasteiger charge is 2.33. The quantitative estimate of drug-likeness (QED) is 0.942. The van der Waals surface area contributed by atoms with Crippen LogP contribution in [0.1, 0.15) is 48.7 Å². The molecule has 2 aromatic rings. The molecule has 1 fully saturated rings. The van der Waals surface area contributed by atoms with Crippen LogP contribution in [-0.4, -0.2) is 16.7 Å². The summed E-state index contributed by atoms with van der Waals surface area (Å²) in [7, 11) is 1.66. The maximum absolute atomic E-state index is 6.33. The van der Waals surface area contributed by atoms with Gasteiger partial charge in [0.1, 0.15) is 17.6 Å². The molecule has 4 rings (SSSR count). The van der Waals surface area contributed by atoms with Crippen LogP contribution in [0.25, 0.3) is 0 Å². The topological polar surface area (TPSA) is 62.3 Å². The first-order valence-electron chi connectivity index (χ1n) is 7.38. The second kappa shape index (κ2) is 4.77. The van der Waals surface area contributed by atoms with E-state index in [0.717, 1.165) is 29.2 Å². The minimum Gasteiger partial charge on any atom is -0.497 e. The van der Waals surface area contributed by atoms with E-state index in [1.807, 2.05) is 30.7 Å². The lowest BCUT2D eigenvalue weighted by atomic mass is 9.96. The van der Waals surface area contributed by atoms with Crippen molar-refractivity contribution in [1.29, 1.82) is 0 Å². The summed E-state index contributed by atoms with van der Waals surface area (Å²) in [4.78, 5) is 4.29. The van der Waals surface area contributed by atoms with Crippen molar-refractivity contribution in [2.24, 2.45) is 5.73 Å². The lowest BCUT2D eigenvalue weighted by Gasteiger charge is -2.31. The van der Waals surface area contributed by atoms with Gasteiger partial charge >= 0.3 is 0 Å². The molecule has 0 amide bonds. The first-order valence-corrected chi connectivity index (χ1v) is 7.38. The molecule has 0 saturated heterocycles. The molecule has 2 unspecified atom stereocenters. The van der Waals surface area contributed by atoms with E-state index < -0.39 is 0 Å². The molecule has 1 saturated carbocycles. The first kappa shape index (κ1) is 12.7. The summed E-state index contributed by atoms with van der Waals surface area (Å²) in [6, 6.07) is 6.41. The smallest absolute Gasteiger partial charge is 0.142 e. The van der Waals surface area contributed by atoms with E-state index >= 15 is 0 Å². The molecular formula is C16H19N3O2. The van der Waals surface area contributed by atoms with Crippen LogP contribution in [0.4, 0.5) is 0 Å². The standard InChI is InChI=1S/C16H19N3O2/c1-20-11-4-5-12-13(17)7-16(21-15(12)6-11)14-8-18-9-19(14)10-2-3-10/h4-6,8-10,13,16H,2-3,7,17H2,1H3. The normalized spacial score (nSPS) is 24.3. The number of imidazole rings is 1. The number of rotatable bonds is 3. The van der Waals surface area contributed by atoms with Crippen molar-refractivity contribution in [2.75, 3.05) is 7.11 Å². The second-order valence-corrected chi connectivity index (χ2v) is 5.81. The highest BCUT2D eigenvalue weighted by Crippen LogP contribution is 2.43. The van der Waals surface area contributed by atoms with Crippen molar-refractivity contribution >= 4 is 0 Å². The molecule has 2 atom stereocenters. The van der Waals surface area contributed by atoms with Gasteiger partial charge in [-0.3, -0.25) is 0 Å². The molecule has 2 aliphatic rings. The number of nitrogens with two attached hydrogens (primary N) is 1. The first-order chi connectivity index (χ1) is 10.3. The van der Waals surface area contributed by atoms with Gasteiger partial charge in [-0.05, 0) is 18.9 Å². The molecule has 0 spiro atoms. The van der Waals surface area contributed by atoms with Crippen LogP contribution in [0.3, 0.4) is 0 Å². The Labute approximate surface area is 123 Å². The minimum atomic E-state index is -0.0392. The Kier molecular flexibility index (Phi) is 2.89. The molecule has 2 heterocycles. The summed E-state index contributed by atoms with van der Waals surface area (Å²) in [5, 5.41) is 0. The summed E-state index contributed by atoms with van der Waals surface area (Å²) in [5.74, 6) is 1.61.